The van der Waals surface area contributed by atoms with Gasteiger partial charge < -0.3 is 14.6 Å². The van der Waals surface area contributed by atoms with Crippen LogP contribution in [0.1, 0.15) is 0 Å². The molecule has 7 heteroatoms. The van der Waals surface area contributed by atoms with Crippen molar-refractivity contribution < 1.29 is 23.0 Å². The number of rotatable bonds is 5. The van der Waals surface area contributed by atoms with Crippen LogP contribution in [0.25, 0.3) is 0 Å². The minimum Gasteiger partial charge on any atom is -0.508 e. The number of aromatic hydroxyl groups is 1. The molecule has 0 aliphatic carbocycles. The standard InChI is InChI=1S/C14H15NO5S/c1-19-12-6-7-14(13(9-12)20-2)21(17,18)15-10-4-3-5-11(16)8-10/h3-9,15-16H,1-2H3. The van der Waals surface area contributed by atoms with Gasteiger partial charge in [-0.1, -0.05) is 6.07 Å². The van der Waals surface area contributed by atoms with E-state index < -0.39 is 10.0 Å². The molecule has 0 aromatic heterocycles. The quantitative estimate of drug-likeness (QED) is 0.884. The Morgan fingerprint density at radius 2 is 1.81 bits per heavy atom. The zero-order chi connectivity index (χ0) is 15.5. The van der Waals surface area contributed by atoms with E-state index in [2.05, 4.69) is 4.72 Å². The number of methoxy groups -OCH3 is 2. The summed E-state index contributed by atoms with van der Waals surface area (Å²) in [5.74, 6) is 0.627. The average Bonchev–Trinajstić information content (AvgIpc) is 2.46. The molecular weight excluding hydrogens is 294 g/mol. The summed E-state index contributed by atoms with van der Waals surface area (Å²) >= 11 is 0. The van der Waals surface area contributed by atoms with Gasteiger partial charge in [0.2, 0.25) is 0 Å². The summed E-state index contributed by atoms with van der Waals surface area (Å²) in [7, 11) is -0.982. The lowest BCUT2D eigenvalue weighted by Crippen LogP contribution is -2.14. The average molecular weight is 309 g/mol. The van der Waals surface area contributed by atoms with E-state index in [9.17, 15) is 13.5 Å². The van der Waals surface area contributed by atoms with E-state index in [1.165, 1.54) is 50.6 Å². The Hall–Kier alpha value is -2.41. The number of hydrogen-bond acceptors (Lipinski definition) is 5. The summed E-state index contributed by atoms with van der Waals surface area (Å²) in [6.45, 7) is 0. The first-order valence-corrected chi connectivity index (χ1v) is 7.48. The summed E-state index contributed by atoms with van der Waals surface area (Å²) in [6.07, 6.45) is 0. The highest BCUT2D eigenvalue weighted by molar-refractivity contribution is 7.92. The molecule has 2 aromatic rings. The van der Waals surface area contributed by atoms with Crippen molar-refractivity contribution in [2.75, 3.05) is 18.9 Å². The lowest BCUT2D eigenvalue weighted by molar-refractivity contribution is 0.386. The van der Waals surface area contributed by atoms with Crippen molar-refractivity contribution in [3.05, 3.63) is 42.5 Å². The molecule has 0 radical (unpaired) electrons. The Kier molecular flexibility index (Phi) is 4.23. The third kappa shape index (κ3) is 3.38. The molecule has 0 spiro atoms. The van der Waals surface area contributed by atoms with Gasteiger partial charge in [-0.3, -0.25) is 4.72 Å². The van der Waals surface area contributed by atoms with E-state index in [0.717, 1.165) is 0 Å². The number of ether oxygens (including phenoxy) is 2. The Balaban J connectivity index is 2.40. The van der Waals surface area contributed by atoms with Crippen LogP contribution in [0.4, 0.5) is 5.69 Å². The third-order valence-electron chi connectivity index (χ3n) is 2.76. The minimum atomic E-state index is -3.84. The van der Waals surface area contributed by atoms with E-state index in [1.54, 1.807) is 6.07 Å². The van der Waals surface area contributed by atoms with E-state index in [0.29, 0.717) is 5.75 Å². The van der Waals surface area contributed by atoms with Crippen LogP contribution >= 0.6 is 0 Å². The van der Waals surface area contributed by atoms with Gasteiger partial charge in [-0.25, -0.2) is 8.42 Å². The molecule has 0 aliphatic heterocycles. The summed E-state index contributed by atoms with van der Waals surface area (Å²) in [4.78, 5) is -0.0193. The molecule has 0 saturated heterocycles. The van der Waals surface area contributed by atoms with Gasteiger partial charge in [-0.2, -0.15) is 0 Å². The summed E-state index contributed by atoms with van der Waals surface area (Å²) in [5, 5.41) is 9.37. The van der Waals surface area contributed by atoms with Crippen LogP contribution in [0, 0.1) is 0 Å². The number of benzene rings is 2. The molecule has 2 aromatic carbocycles. The highest BCUT2D eigenvalue weighted by Crippen LogP contribution is 2.30. The molecule has 0 saturated carbocycles. The SMILES string of the molecule is COc1ccc(S(=O)(=O)Nc2cccc(O)c2)c(OC)c1. The predicted molar refractivity (Wildman–Crippen MR) is 78.5 cm³/mol. The van der Waals surface area contributed by atoms with Crippen molar-refractivity contribution in [3.8, 4) is 17.2 Å². The number of phenolic OH excluding ortho intramolecular Hbond substituents is 1. The molecular formula is C14H15NO5S. The molecule has 0 bridgehead atoms. The van der Waals surface area contributed by atoms with Gasteiger partial charge in [0, 0.05) is 12.1 Å². The molecule has 21 heavy (non-hydrogen) atoms. The molecule has 6 nitrogen and oxygen atoms in total. The first kappa shape index (κ1) is 15.0. The van der Waals surface area contributed by atoms with Crippen LogP contribution in [-0.4, -0.2) is 27.7 Å². The minimum absolute atomic E-state index is 0.0193. The fourth-order valence-corrected chi connectivity index (χ4v) is 2.98. The lowest BCUT2D eigenvalue weighted by atomic mass is 10.3. The van der Waals surface area contributed by atoms with Crippen LogP contribution in [0.5, 0.6) is 17.2 Å². The molecule has 0 unspecified atom stereocenters. The maximum absolute atomic E-state index is 12.4. The van der Waals surface area contributed by atoms with Crippen LogP contribution in [-0.2, 0) is 10.0 Å². The van der Waals surface area contributed by atoms with Crippen LogP contribution in [0.3, 0.4) is 0 Å². The monoisotopic (exact) mass is 309 g/mol. The van der Waals surface area contributed by atoms with E-state index >= 15 is 0 Å². The van der Waals surface area contributed by atoms with Gasteiger partial charge in [-0.05, 0) is 24.3 Å². The summed E-state index contributed by atoms with van der Waals surface area (Å²) < 4.78 is 37.3. The fourth-order valence-electron chi connectivity index (χ4n) is 1.78. The highest BCUT2D eigenvalue weighted by atomic mass is 32.2. The van der Waals surface area contributed by atoms with Gasteiger partial charge in [0.25, 0.3) is 10.0 Å². The van der Waals surface area contributed by atoms with Crippen molar-refractivity contribution in [3.63, 3.8) is 0 Å². The second kappa shape index (κ2) is 5.92. The number of hydrogen-bond donors (Lipinski definition) is 2. The molecule has 2 N–H and O–H groups in total. The van der Waals surface area contributed by atoms with Gasteiger partial charge in [0.15, 0.2) is 0 Å². The molecule has 112 valence electrons. The molecule has 0 heterocycles. The van der Waals surface area contributed by atoms with Crippen molar-refractivity contribution >= 4 is 15.7 Å². The van der Waals surface area contributed by atoms with Gasteiger partial charge >= 0.3 is 0 Å². The first-order valence-electron chi connectivity index (χ1n) is 6.00. The van der Waals surface area contributed by atoms with Crippen LogP contribution < -0.4 is 14.2 Å². The van der Waals surface area contributed by atoms with Crippen LogP contribution in [0.15, 0.2) is 47.4 Å². The Morgan fingerprint density at radius 1 is 1.05 bits per heavy atom. The topological polar surface area (TPSA) is 84.9 Å². The summed E-state index contributed by atoms with van der Waals surface area (Å²) in [5.41, 5.74) is 0.257. The van der Waals surface area contributed by atoms with Crippen molar-refractivity contribution in [2.24, 2.45) is 0 Å². The largest absolute Gasteiger partial charge is 0.508 e. The highest BCUT2D eigenvalue weighted by Gasteiger charge is 2.20. The lowest BCUT2D eigenvalue weighted by Gasteiger charge is -2.12. The molecule has 2 rings (SSSR count). The summed E-state index contributed by atoms with van der Waals surface area (Å²) in [6, 6.07) is 10.2. The zero-order valence-electron chi connectivity index (χ0n) is 11.5. The number of nitrogens with one attached hydrogen (secondary N) is 1. The van der Waals surface area contributed by atoms with Crippen molar-refractivity contribution in [2.45, 2.75) is 4.90 Å². The Labute approximate surface area is 123 Å². The molecule has 0 aliphatic rings. The van der Waals surface area contributed by atoms with Gasteiger partial charge in [-0.15, -0.1) is 0 Å². The maximum Gasteiger partial charge on any atom is 0.265 e. The third-order valence-corrected chi connectivity index (χ3v) is 4.18. The van der Waals surface area contributed by atoms with Crippen molar-refractivity contribution in [1.29, 1.82) is 0 Å². The zero-order valence-corrected chi connectivity index (χ0v) is 12.3. The number of phenols is 1. The number of sulfonamides is 1. The molecule has 0 atom stereocenters. The molecule has 0 fully saturated rings. The first-order chi connectivity index (χ1) is 9.96. The smallest absolute Gasteiger partial charge is 0.265 e. The second-order valence-corrected chi connectivity index (χ2v) is 5.82. The number of anilines is 1. The molecule has 0 amide bonds. The van der Waals surface area contributed by atoms with E-state index in [1.807, 2.05) is 0 Å². The van der Waals surface area contributed by atoms with Gasteiger partial charge in [0.05, 0.1) is 19.9 Å². The Bertz CT molecular complexity index is 743. The van der Waals surface area contributed by atoms with Crippen molar-refractivity contribution in [1.82, 2.24) is 0 Å². The Morgan fingerprint density at radius 3 is 2.43 bits per heavy atom. The normalized spacial score (nSPS) is 11.0. The van der Waals surface area contributed by atoms with Gasteiger partial charge in [0.1, 0.15) is 22.1 Å². The fraction of sp³-hybridized carbons (Fsp3) is 0.143. The second-order valence-electron chi connectivity index (χ2n) is 4.17. The predicted octanol–water partition coefficient (Wildman–Crippen LogP) is 2.21. The van der Waals surface area contributed by atoms with E-state index in [-0.39, 0.29) is 22.1 Å². The van der Waals surface area contributed by atoms with Crippen LogP contribution in [0.2, 0.25) is 0 Å². The maximum atomic E-state index is 12.4. The van der Waals surface area contributed by atoms with E-state index in [4.69, 9.17) is 9.47 Å².